The summed E-state index contributed by atoms with van der Waals surface area (Å²) in [6.45, 7) is 1.50. The summed E-state index contributed by atoms with van der Waals surface area (Å²) in [6.07, 6.45) is 6.58. The van der Waals surface area contributed by atoms with Gasteiger partial charge in [-0.2, -0.15) is 5.10 Å². The molecular formula is C17H19N3O2. The van der Waals surface area contributed by atoms with Gasteiger partial charge in [0.25, 0.3) is 5.91 Å². The number of nitrogens with zero attached hydrogens (tertiary/aromatic N) is 2. The molecule has 114 valence electrons. The van der Waals surface area contributed by atoms with Crippen molar-refractivity contribution < 1.29 is 9.59 Å². The number of carbonyl (C=O) groups excluding carboxylic acids is 2. The number of aromatic nitrogens is 2. The maximum absolute atomic E-state index is 12.3. The van der Waals surface area contributed by atoms with Crippen LogP contribution in [0.2, 0.25) is 0 Å². The third-order valence-corrected chi connectivity index (χ3v) is 4.07. The van der Waals surface area contributed by atoms with Crippen molar-refractivity contribution in [3.8, 4) is 0 Å². The summed E-state index contributed by atoms with van der Waals surface area (Å²) in [4.78, 5) is 23.6. The van der Waals surface area contributed by atoms with E-state index in [1.807, 2.05) is 10.9 Å². The lowest BCUT2D eigenvalue weighted by atomic mass is 10.1. The highest BCUT2D eigenvalue weighted by Gasteiger charge is 2.19. The minimum absolute atomic E-state index is 0.0263. The molecule has 1 N–H and O–H groups in total. The molecule has 0 atom stereocenters. The second-order valence-electron chi connectivity index (χ2n) is 5.71. The molecule has 1 heterocycles. The molecule has 3 rings (SSSR count). The average Bonchev–Trinajstić information content (AvgIpc) is 3.18. The Hall–Kier alpha value is -2.43. The van der Waals surface area contributed by atoms with Gasteiger partial charge in [0.15, 0.2) is 11.5 Å². The van der Waals surface area contributed by atoms with E-state index in [2.05, 4.69) is 10.4 Å². The molecule has 0 aliphatic heterocycles. The molecule has 1 amide bonds. The highest BCUT2D eigenvalue weighted by Crippen LogP contribution is 2.28. The van der Waals surface area contributed by atoms with Gasteiger partial charge in [-0.15, -0.1) is 0 Å². The van der Waals surface area contributed by atoms with E-state index < -0.39 is 0 Å². The Balaban J connectivity index is 1.71. The van der Waals surface area contributed by atoms with Gasteiger partial charge in [-0.1, -0.05) is 25.0 Å². The number of ketones is 1. The lowest BCUT2D eigenvalue weighted by molar-refractivity contribution is 0.100. The minimum Gasteiger partial charge on any atom is -0.321 e. The molecule has 0 spiro atoms. The number of anilines is 1. The third-order valence-electron chi connectivity index (χ3n) is 4.07. The molecule has 1 aromatic heterocycles. The molecule has 5 heteroatoms. The number of hydrogen-bond donors (Lipinski definition) is 1. The van der Waals surface area contributed by atoms with Crippen LogP contribution in [0, 0.1) is 0 Å². The van der Waals surface area contributed by atoms with Crippen molar-refractivity contribution in [3.05, 3.63) is 47.8 Å². The van der Waals surface area contributed by atoms with Crippen LogP contribution in [0.1, 0.15) is 59.5 Å². The van der Waals surface area contributed by atoms with Crippen LogP contribution in [0.4, 0.5) is 5.69 Å². The predicted molar refractivity (Wildman–Crippen MR) is 84.1 cm³/mol. The number of benzene rings is 1. The van der Waals surface area contributed by atoms with Crippen LogP contribution in [-0.4, -0.2) is 21.5 Å². The van der Waals surface area contributed by atoms with Crippen LogP contribution in [0.5, 0.6) is 0 Å². The van der Waals surface area contributed by atoms with Crippen molar-refractivity contribution in [2.24, 2.45) is 0 Å². The van der Waals surface area contributed by atoms with E-state index in [1.54, 1.807) is 30.3 Å². The van der Waals surface area contributed by atoms with E-state index >= 15 is 0 Å². The molecular weight excluding hydrogens is 278 g/mol. The molecule has 2 aromatic rings. The zero-order valence-electron chi connectivity index (χ0n) is 12.6. The summed E-state index contributed by atoms with van der Waals surface area (Å²) in [5.41, 5.74) is 1.59. The Morgan fingerprint density at radius 1 is 1.23 bits per heavy atom. The molecule has 1 aliphatic carbocycles. The van der Waals surface area contributed by atoms with E-state index in [1.165, 1.54) is 19.8 Å². The van der Waals surface area contributed by atoms with E-state index in [0.717, 1.165) is 12.8 Å². The first-order chi connectivity index (χ1) is 10.6. The van der Waals surface area contributed by atoms with Crippen molar-refractivity contribution in [3.63, 3.8) is 0 Å². The van der Waals surface area contributed by atoms with Crippen molar-refractivity contribution in [1.82, 2.24) is 9.78 Å². The van der Waals surface area contributed by atoms with Crippen molar-refractivity contribution in [2.75, 3.05) is 5.32 Å². The molecule has 1 fully saturated rings. The summed E-state index contributed by atoms with van der Waals surface area (Å²) in [6, 6.07) is 9.08. The Morgan fingerprint density at radius 3 is 2.73 bits per heavy atom. The van der Waals surface area contributed by atoms with E-state index in [9.17, 15) is 9.59 Å². The molecule has 22 heavy (non-hydrogen) atoms. The maximum Gasteiger partial charge on any atom is 0.276 e. The Labute approximate surface area is 129 Å². The quantitative estimate of drug-likeness (QED) is 0.879. The SMILES string of the molecule is CC(=O)c1cccc(NC(=O)c2ccn(C3CCCC3)n2)c1. The monoisotopic (exact) mass is 297 g/mol. The normalized spacial score (nSPS) is 15.0. The van der Waals surface area contributed by atoms with Gasteiger partial charge >= 0.3 is 0 Å². The summed E-state index contributed by atoms with van der Waals surface area (Å²) >= 11 is 0. The van der Waals surface area contributed by atoms with Crippen molar-refractivity contribution in [1.29, 1.82) is 0 Å². The van der Waals surface area contributed by atoms with Crippen LogP contribution < -0.4 is 5.32 Å². The van der Waals surface area contributed by atoms with Gasteiger partial charge in [-0.3, -0.25) is 14.3 Å². The summed E-state index contributed by atoms with van der Waals surface area (Å²) in [5.74, 6) is -0.279. The highest BCUT2D eigenvalue weighted by molar-refractivity contribution is 6.03. The Morgan fingerprint density at radius 2 is 2.00 bits per heavy atom. The fourth-order valence-electron chi connectivity index (χ4n) is 2.84. The Kier molecular flexibility index (Phi) is 4.04. The fraction of sp³-hybridized carbons (Fsp3) is 0.353. The number of rotatable bonds is 4. The zero-order valence-corrected chi connectivity index (χ0v) is 12.6. The lowest BCUT2D eigenvalue weighted by Gasteiger charge is -2.09. The molecule has 0 radical (unpaired) electrons. The second kappa shape index (κ2) is 6.13. The first-order valence-corrected chi connectivity index (χ1v) is 7.61. The molecule has 0 unspecified atom stereocenters. The molecule has 0 bridgehead atoms. The average molecular weight is 297 g/mol. The standard InChI is InChI=1S/C17H19N3O2/c1-12(21)13-5-4-6-14(11-13)18-17(22)16-9-10-20(19-16)15-7-2-3-8-15/h4-6,9-11,15H,2-3,7-8H2,1H3,(H,18,22). The molecule has 1 saturated carbocycles. The number of carbonyl (C=O) groups is 2. The van der Waals surface area contributed by atoms with Gasteiger partial charge in [0.2, 0.25) is 0 Å². The number of nitrogens with one attached hydrogen (secondary N) is 1. The highest BCUT2D eigenvalue weighted by atomic mass is 16.2. The molecule has 5 nitrogen and oxygen atoms in total. The van der Waals surface area contributed by atoms with E-state index in [-0.39, 0.29) is 11.7 Å². The topological polar surface area (TPSA) is 64.0 Å². The fourth-order valence-corrected chi connectivity index (χ4v) is 2.84. The van der Waals surface area contributed by atoms with Crippen molar-refractivity contribution >= 4 is 17.4 Å². The maximum atomic E-state index is 12.3. The van der Waals surface area contributed by atoms with Crippen LogP contribution in [0.15, 0.2) is 36.5 Å². The Bertz CT molecular complexity index is 699. The van der Waals surface area contributed by atoms with Gasteiger partial charge in [0.05, 0.1) is 6.04 Å². The van der Waals surface area contributed by atoms with Gasteiger partial charge in [0, 0.05) is 17.4 Å². The predicted octanol–water partition coefficient (Wildman–Crippen LogP) is 3.45. The van der Waals surface area contributed by atoms with Gasteiger partial charge in [-0.05, 0) is 38.0 Å². The van der Waals surface area contributed by atoms with Crippen LogP contribution in [0.3, 0.4) is 0 Å². The van der Waals surface area contributed by atoms with Crippen LogP contribution in [0.25, 0.3) is 0 Å². The minimum atomic E-state index is -0.252. The summed E-state index contributed by atoms with van der Waals surface area (Å²) in [5, 5.41) is 7.17. The largest absolute Gasteiger partial charge is 0.321 e. The number of amides is 1. The van der Waals surface area contributed by atoms with Crippen molar-refractivity contribution in [2.45, 2.75) is 38.6 Å². The summed E-state index contributed by atoms with van der Waals surface area (Å²) < 4.78 is 1.90. The van der Waals surface area contributed by atoms with Crippen LogP contribution in [-0.2, 0) is 0 Å². The van der Waals surface area contributed by atoms with E-state index in [4.69, 9.17) is 0 Å². The van der Waals surface area contributed by atoms with Gasteiger partial charge in [0.1, 0.15) is 0 Å². The van der Waals surface area contributed by atoms with Gasteiger partial charge < -0.3 is 5.32 Å². The first-order valence-electron chi connectivity index (χ1n) is 7.61. The summed E-state index contributed by atoms with van der Waals surface area (Å²) in [7, 11) is 0. The second-order valence-corrected chi connectivity index (χ2v) is 5.71. The van der Waals surface area contributed by atoms with E-state index in [0.29, 0.717) is 23.0 Å². The van der Waals surface area contributed by atoms with Crippen LogP contribution >= 0.6 is 0 Å². The zero-order chi connectivity index (χ0) is 15.5. The smallest absolute Gasteiger partial charge is 0.276 e. The molecule has 0 saturated heterocycles. The van der Waals surface area contributed by atoms with Gasteiger partial charge in [-0.25, -0.2) is 0 Å². The third kappa shape index (κ3) is 3.08. The lowest BCUT2D eigenvalue weighted by Crippen LogP contribution is -2.14. The number of hydrogen-bond acceptors (Lipinski definition) is 3. The first kappa shape index (κ1) is 14.5. The molecule has 1 aromatic carbocycles. The number of Topliss-reactive ketones (excluding diaryl/α,β-unsaturated/α-hetero) is 1. The molecule has 1 aliphatic rings.